The first-order valence-corrected chi connectivity index (χ1v) is 8.09. The molecule has 0 radical (unpaired) electrons. The van der Waals surface area contributed by atoms with Crippen LogP contribution in [0.25, 0.3) is 0 Å². The maximum Gasteiger partial charge on any atom is 0.126 e. The van der Waals surface area contributed by atoms with Gasteiger partial charge in [0.1, 0.15) is 11.4 Å². The molecule has 20 heavy (non-hydrogen) atoms. The van der Waals surface area contributed by atoms with Crippen molar-refractivity contribution in [1.82, 2.24) is 5.32 Å². The zero-order valence-corrected chi connectivity index (χ0v) is 13.1. The molecule has 0 aromatic heterocycles. The van der Waals surface area contributed by atoms with Crippen molar-refractivity contribution >= 4 is 0 Å². The molecule has 2 fully saturated rings. The molecule has 0 aliphatic heterocycles. The monoisotopic (exact) mass is 273 g/mol. The fourth-order valence-corrected chi connectivity index (χ4v) is 3.06. The third kappa shape index (κ3) is 2.85. The largest absolute Gasteiger partial charge is 0.487 e. The second-order valence-electron chi connectivity index (χ2n) is 6.77. The summed E-state index contributed by atoms with van der Waals surface area (Å²) in [6.07, 6.45) is 7.62. The normalized spacial score (nSPS) is 20.6. The van der Waals surface area contributed by atoms with Gasteiger partial charge in [0, 0.05) is 6.04 Å². The van der Waals surface area contributed by atoms with Gasteiger partial charge in [-0.05, 0) is 82.5 Å². The first-order chi connectivity index (χ1) is 9.60. The molecule has 2 heteroatoms. The Morgan fingerprint density at radius 2 is 1.85 bits per heavy atom. The molecular weight excluding hydrogens is 246 g/mol. The fourth-order valence-electron chi connectivity index (χ4n) is 3.06. The van der Waals surface area contributed by atoms with Crippen LogP contribution in [0.1, 0.15) is 55.2 Å². The number of hydrogen-bond donors (Lipinski definition) is 1. The summed E-state index contributed by atoms with van der Waals surface area (Å²) in [5, 5.41) is 3.63. The third-order valence-corrected chi connectivity index (χ3v) is 5.05. The van der Waals surface area contributed by atoms with Crippen molar-refractivity contribution in [3.05, 3.63) is 28.8 Å². The molecule has 0 heterocycles. The predicted octanol–water partition coefficient (Wildman–Crippen LogP) is 4.06. The van der Waals surface area contributed by atoms with Crippen LogP contribution < -0.4 is 10.1 Å². The highest BCUT2D eigenvalue weighted by molar-refractivity contribution is 5.45. The molecule has 2 aliphatic rings. The van der Waals surface area contributed by atoms with Crippen LogP contribution in [-0.4, -0.2) is 18.2 Å². The van der Waals surface area contributed by atoms with Gasteiger partial charge in [-0.15, -0.1) is 0 Å². The topological polar surface area (TPSA) is 21.3 Å². The molecule has 0 amide bonds. The molecule has 110 valence electrons. The summed E-state index contributed by atoms with van der Waals surface area (Å²) in [6.45, 7) is 7.63. The van der Waals surface area contributed by atoms with Crippen LogP contribution >= 0.6 is 0 Å². The molecule has 2 aliphatic carbocycles. The Labute approximate surface area is 122 Å². The summed E-state index contributed by atoms with van der Waals surface area (Å²) in [5.74, 6) is 1.14. The molecule has 1 aromatic rings. The van der Waals surface area contributed by atoms with Crippen molar-refractivity contribution in [1.29, 1.82) is 0 Å². The second-order valence-corrected chi connectivity index (χ2v) is 6.77. The van der Waals surface area contributed by atoms with Gasteiger partial charge in [-0.2, -0.15) is 0 Å². The summed E-state index contributed by atoms with van der Waals surface area (Å²) >= 11 is 0. The van der Waals surface area contributed by atoms with E-state index in [-0.39, 0.29) is 5.60 Å². The number of benzene rings is 1. The van der Waals surface area contributed by atoms with Crippen molar-refractivity contribution in [3.63, 3.8) is 0 Å². The van der Waals surface area contributed by atoms with Crippen LogP contribution in [0.5, 0.6) is 5.75 Å². The average molecular weight is 273 g/mol. The van der Waals surface area contributed by atoms with Crippen LogP contribution in [-0.2, 0) is 0 Å². The van der Waals surface area contributed by atoms with Gasteiger partial charge in [0.05, 0.1) is 0 Å². The minimum Gasteiger partial charge on any atom is -0.487 e. The lowest BCUT2D eigenvalue weighted by molar-refractivity contribution is -0.0154. The Morgan fingerprint density at radius 1 is 1.15 bits per heavy atom. The molecule has 0 spiro atoms. The van der Waals surface area contributed by atoms with Crippen LogP contribution in [0.3, 0.4) is 0 Å². The Balaban J connectivity index is 1.68. The van der Waals surface area contributed by atoms with E-state index >= 15 is 0 Å². The lowest BCUT2D eigenvalue weighted by atomic mass is 9.77. The van der Waals surface area contributed by atoms with Crippen molar-refractivity contribution in [2.24, 2.45) is 0 Å². The van der Waals surface area contributed by atoms with Crippen LogP contribution in [0.4, 0.5) is 0 Å². The maximum atomic E-state index is 6.54. The van der Waals surface area contributed by atoms with Gasteiger partial charge in [0.25, 0.3) is 0 Å². The van der Waals surface area contributed by atoms with E-state index in [1.54, 1.807) is 0 Å². The van der Waals surface area contributed by atoms with Gasteiger partial charge < -0.3 is 10.1 Å². The number of nitrogens with one attached hydrogen (secondary N) is 1. The maximum absolute atomic E-state index is 6.54. The molecule has 1 N–H and O–H groups in total. The van der Waals surface area contributed by atoms with Crippen LogP contribution in [0, 0.1) is 20.8 Å². The zero-order chi connectivity index (χ0) is 14.2. The Hall–Kier alpha value is -1.02. The smallest absolute Gasteiger partial charge is 0.126 e. The first-order valence-electron chi connectivity index (χ1n) is 8.09. The minimum absolute atomic E-state index is 0.102. The van der Waals surface area contributed by atoms with E-state index in [0.717, 1.165) is 24.8 Å². The average Bonchev–Trinajstić information content (AvgIpc) is 3.19. The predicted molar refractivity (Wildman–Crippen MR) is 83.5 cm³/mol. The molecule has 0 bridgehead atoms. The molecule has 0 saturated heterocycles. The van der Waals surface area contributed by atoms with Crippen molar-refractivity contribution in [3.8, 4) is 5.75 Å². The van der Waals surface area contributed by atoms with Gasteiger partial charge >= 0.3 is 0 Å². The lowest BCUT2D eigenvalue weighted by Gasteiger charge is -2.43. The zero-order valence-electron chi connectivity index (χ0n) is 13.1. The molecule has 0 unspecified atom stereocenters. The van der Waals surface area contributed by atoms with Gasteiger partial charge in [-0.25, -0.2) is 0 Å². The summed E-state index contributed by atoms with van der Waals surface area (Å²) in [5.41, 5.74) is 4.02. The Morgan fingerprint density at radius 3 is 2.45 bits per heavy atom. The highest BCUT2D eigenvalue weighted by Crippen LogP contribution is 2.41. The minimum atomic E-state index is 0.102. The Bertz CT molecular complexity index is 486. The van der Waals surface area contributed by atoms with E-state index in [4.69, 9.17) is 4.74 Å². The molecule has 3 rings (SSSR count). The summed E-state index contributed by atoms with van der Waals surface area (Å²) in [4.78, 5) is 0. The molecule has 1 aromatic carbocycles. The van der Waals surface area contributed by atoms with Crippen LogP contribution in [0.15, 0.2) is 12.1 Å². The van der Waals surface area contributed by atoms with Gasteiger partial charge in [0.2, 0.25) is 0 Å². The summed E-state index contributed by atoms with van der Waals surface area (Å²) in [6, 6.07) is 5.18. The van der Waals surface area contributed by atoms with Crippen molar-refractivity contribution in [2.75, 3.05) is 6.54 Å². The standard InChI is InChI=1S/C18H27NO/c1-13-5-6-14(2)17(15(13)3)20-18(9-4-10-18)11-12-19-16-7-8-16/h5-6,16,19H,4,7-12H2,1-3H3. The van der Waals surface area contributed by atoms with E-state index in [9.17, 15) is 0 Å². The lowest BCUT2D eigenvalue weighted by Crippen LogP contribution is -2.45. The number of ether oxygens (including phenoxy) is 1. The molecular formula is C18H27NO. The number of aryl methyl sites for hydroxylation is 2. The highest BCUT2D eigenvalue weighted by Gasteiger charge is 2.39. The van der Waals surface area contributed by atoms with E-state index in [2.05, 4.69) is 38.2 Å². The van der Waals surface area contributed by atoms with Gasteiger partial charge in [0.15, 0.2) is 0 Å². The van der Waals surface area contributed by atoms with Gasteiger partial charge in [-0.3, -0.25) is 0 Å². The van der Waals surface area contributed by atoms with Crippen molar-refractivity contribution < 1.29 is 4.74 Å². The van der Waals surface area contributed by atoms with E-state index in [0.29, 0.717) is 0 Å². The number of rotatable bonds is 6. The SMILES string of the molecule is Cc1ccc(C)c(OC2(CCNC3CC3)CCC2)c1C. The van der Waals surface area contributed by atoms with Gasteiger partial charge in [-0.1, -0.05) is 12.1 Å². The third-order valence-electron chi connectivity index (χ3n) is 5.05. The Kier molecular flexibility index (Phi) is 3.76. The first kappa shape index (κ1) is 13.9. The second kappa shape index (κ2) is 5.40. The summed E-state index contributed by atoms with van der Waals surface area (Å²) in [7, 11) is 0. The van der Waals surface area contributed by atoms with E-state index in [1.807, 2.05) is 0 Å². The van der Waals surface area contributed by atoms with Crippen LogP contribution in [0.2, 0.25) is 0 Å². The molecule has 0 atom stereocenters. The quantitative estimate of drug-likeness (QED) is 0.844. The van der Waals surface area contributed by atoms with E-state index in [1.165, 1.54) is 48.8 Å². The fraction of sp³-hybridized carbons (Fsp3) is 0.667. The highest BCUT2D eigenvalue weighted by atomic mass is 16.5. The summed E-state index contributed by atoms with van der Waals surface area (Å²) < 4.78 is 6.54. The van der Waals surface area contributed by atoms with E-state index < -0.39 is 0 Å². The van der Waals surface area contributed by atoms with Crippen molar-refractivity contribution in [2.45, 2.75) is 70.9 Å². The molecule has 2 saturated carbocycles. The molecule has 2 nitrogen and oxygen atoms in total. The number of hydrogen-bond acceptors (Lipinski definition) is 2.